The highest BCUT2D eigenvalue weighted by Gasteiger charge is 2.14. The summed E-state index contributed by atoms with van der Waals surface area (Å²) in [6.45, 7) is 10.9. The number of rotatable bonds is 1. The second kappa shape index (κ2) is 4.26. The van der Waals surface area contributed by atoms with Crippen LogP contribution >= 0.6 is 11.3 Å². The van der Waals surface area contributed by atoms with E-state index in [4.69, 9.17) is 0 Å². The van der Waals surface area contributed by atoms with E-state index in [0.717, 1.165) is 10.7 Å². The Hall–Kier alpha value is -1.15. The van der Waals surface area contributed by atoms with Gasteiger partial charge in [0.2, 0.25) is 0 Å². The molecule has 17 heavy (non-hydrogen) atoms. The highest BCUT2D eigenvalue weighted by atomic mass is 32.1. The molecular weight excluding hydrogens is 226 g/mol. The van der Waals surface area contributed by atoms with Gasteiger partial charge in [-0.3, -0.25) is 0 Å². The number of benzene rings is 1. The van der Waals surface area contributed by atoms with Crippen molar-refractivity contribution in [3.8, 4) is 10.4 Å². The van der Waals surface area contributed by atoms with Crippen molar-refractivity contribution in [2.45, 2.75) is 40.0 Å². The van der Waals surface area contributed by atoms with Gasteiger partial charge in [-0.05, 0) is 30.4 Å². The van der Waals surface area contributed by atoms with Crippen LogP contribution in [0.1, 0.15) is 37.0 Å². The molecule has 0 unspecified atom stereocenters. The van der Waals surface area contributed by atoms with Gasteiger partial charge in [0.1, 0.15) is 0 Å². The fourth-order valence-electron chi connectivity index (χ4n) is 1.92. The smallest absolute Gasteiger partial charge is 0.0903 e. The summed E-state index contributed by atoms with van der Waals surface area (Å²) in [5.74, 6) is 0. The second-order valence-corrected chi connectivity index (χ2v) is 6.68. The monoisotopic (exact) mass is 245 g/mol. The van der Waals surface area contributed by atoms with E-state index in [1.54, 1.807) is 11.3 Å². The van der Waals surface area contributed by atoms with Crippen LogP contribution in [0.5, 0.6) is 0 Å². The van der Waals surface area contributed by atoms with E-state index in [1.807, 2.05) is 0 Å². The Morgan fingerprint density at radius 3 is 2.00 bits per heavy atom. The molecule has 1 nitrogen and oxygen atoms in total. The van der Waals surface area contributed by atoms with Crippen molar-refractivity contribution in [2.24, 2.45) is 0 Å². The van der Waals surface area contributed by atoms with Gasteiger partial charge in [-0.15, -0.1) is 11.3 Å². The number of aryl methyl sites for hydroxylation is 2. The molecule has 0 radical (unpaired) electrons. The van der Waals surface area contributed by atoms with Crippen LogP contribution in [-0.4, -0.2) is 4.98 Å². The second-order valence-electron chi connectivity index (χ2n) is 5.47. The molecule has 2 aromatic rings. The summed E-state index contributed by atoms with van der Waals surface area (Å²) >= 11 is 1.77. The molecule has 0 N–H and O–H groups in total. The Balaban J connectivity index is 2.39. The largest absolute Gasteiger partial charge is 0.246 e. The number of nitrogens with zero attached hydrogens (tertiary/aromatic N) is 1. The highest BCUT2D eigenvalue weighted by molar-refractivity contribution is 7.15. The molecule has 0 atom stereocenters. The molecule has 2 rings (SSSR count). The lowest BCUT2D eigenvalue weighted by molar-refractivity contribution is 0.590. The topological polar surface area (TPSA) is 12.9 Å². The van der Waals surface area contributed by atoms with Crippen LogP contribution in [0, 0.1) is 13.8 Å². The van der Waals surface area contributed by atoms with Gasteiger partial charge in [0.25, 0.3) is 0 Å². The SMILES string of the molecule is Cc1nc(C)c(-c2ccc(C(C)(C)C)cc2)s1. The Kier molecular flexibility index (Phi) is 3.09. The summed E-state index contributed by atoms with van der Waals surface area (Å²) in [4.78, 5) is 5.77. The number of thiazole rings is 1. The van der Waals surface area contributed by atoms with Crippen LogP contribution in [0.2, 0.25) is 0 Å². The lowest BCUT2D eigenvalue weighted by atomic mass is 9.86. The fourth-order valence-corrected chi connectivity index (χ4v) is 2.85. The summed E-state index contributed by atoms with van der Waals surface area (Å²) in [6.07, 6.45) is 0. The van der Waals surface area contributed by atoms with Crippen molar-refractivity contribution < 1.29 is 0 Å². The van der Waals surface area contributed by atoms with Crippen molar-refractivity contribution in [1.82, 2.24) is 4.98 Å². The molecule has 0 amide bonds. The first-order valence-electron chi connectivity index (χ1n) is 5.93. The first kappa shape index (κ1) is 12.3. The maximum absolute atomic E-state index is 4.48. The summed E-state index contributed by atoms with van der Waals surface area (Å²) in [7, 11) is 0. The third-order valence-corrected chi connectivity index (χ3v) is 4.04. The summed E-state index contributed by atoms with van der Waals surface area (Å²) in [5, 5.41) is 1.14. The summed E-state index contributed by atoms with van der Waals surface area (Å²) in [6, 6.07) is 8.87. The number of hydrogen-bond donors (Lipinski definition) is 0. The maximum atomic E-state index is 4.48. The van der Waals surface area contributed by atoms with Gasteiger partial charge in [-0.25, -0.2) is 4.98 Å². The minimum Gasteiger partial charge on any atom is -0.246 e. The van der Waals surface area contributed by atoms with E-state index in [2.05, 4.69) is 63.9 Å². The lowest BCUT2D eigenvalue weighted by Gasteiger charge is -2.19. The summed E-state index contributed by atoms with van der Waals surface area (Å²) in [5.41, 5.74) is 4.01. The summed E-state index contributed by atoms with van der Waals surface area (Å²) < 4.78 is 0. The van der Waals surface area contributed by atoms with E-state index in [1.165, 1.54) is 16.0 Å². The van der Waals surface area contributed by atoms with Gasteiger partial charge in [0.15, 0.2) is 0 Å². The van der Waals surface area contributed by atoms with Crippen LogP contribution < -0.4 is 0 Å². The zero-order chi connectivity index (χ0) is 12.6. The third-order valence-electron chi connectivity index (χ3n) is 2.92. The van der Waals surface area contributed by atoms with Crippen LogP contribution in [-0.2, 0) is 5.41 Å². The molecule has 1 aromatic heterocycles. The molecule has 90 valence electrons. The maximum Gasteiger partial charge on any atom is 0.0903 e. The predicted molar refractivity (Wildman–Crippen MR) is 75.7 cm³/mol. The van der Waals surface area contributed by atoms with Gasteiger partial charge in [-0.2, -0.15) is 0 Å². The molecule has 1 aromatic carbocycles. The Morgan fingerprint density at radius 2 is 1.59 bits per heavy atom. The van der Waals surface area contributed by atoms with E-state index in [0.29, 0.717) is 0 Å². The van der Waals surface area contributed by atoms with Crippen LogP contribution in [0.4, 0.5) is 0 Å². The van der Waals surface area contributed by atoms with Gasteiger partial charge in [0, 0.05) is 0 Å². The molecule has 0 aliphatic carbocycles. The van der Waals surface area contributed by atoms with Crippen molar-refractivity contribution in [3.05, 3.63) is 40.5 Å². The van der Waals surface area contributed by atoms with E-state index in [9.17, 15) is 0 Å². The van der Waals surface area contributed by atoms with E-state index in [-0.39, 0.29) is 5.41 Å². The predicted octanol–water partition coefficient (Wildman–Crippen LogP) is 4.72. The van der Waals surface area contributed by atoms with Crippen molar-refractivity contribution in [3.63, 3.8) is 0 Å². The van der Waals surface area contributed by atoms with Crippen molar-refractivity contribution in [1.29, 1.82) is 0 Å². The Bertz CT molecular complexity index is 515. The Morgan fingerprint density at radius 1 is 1.00 bits per heavy atom. The first-order chi connectivity index (χ1) is 7.88. The standard InChI is InChI=1S/C15H19NS/c1-10-14(17-11(2)16-10)12-6-8-13(9-7-12)15(3,4)5/h6-9H,1-5H3. The van der Waals surface area contributed by atoms with Crippen molar-refractivity contribution in [2.75, 3.05) is 0 Å². The molecular formula is C15H19NS. The third kappa shape index (κ3) is 2.58. The zero-order valence-corrected chi connectivity index (χ0v) is 12.0. The quantitative estimate of drug-likeness (QED) is 0.708. The average molecular weight is 245 g/mol. The molecule has 0 bridgehead atoms. The molecule has 0 spiro atoms. The van der Waals surface area contributed by atoms with E-state index >= 15 is 0 Å². The molecule has 0 saturated heterocycles. The van der Waals surface area contributed by atoms with Crippen LogP contribution in [0.15, 0.2) is 24.3 Å². The van der Waals surface area contributed by atoms with Gasteiger partial charge in [-0.1, -0.05) is 45.0 Å². The molecule has 0 saturated carbocycles. The Labute approximate surface area is 108 Å². The molecule has 2 heteroatoms. The molecule has 0 fully saturated rings. The van der Waals surface area contributed by atoms with E-state index < -0.39 is 0 Å². The minimum absolute atomic E-state index is 0.219. The van der Waals surface area contributed by atoms with Gasteiger partial charge >= 0.3 is 0 Å². The highest BCUT2D eigenvalue weighted by Crippen LogP contribution is 2.31. The number of hydrogen-bond acceptors (Lipinski definition) is 2. The normalized spacial score (nSPS) is 11.8. The van der Waals surface area contributed by atoms with Gasteiger partial charge < -0.3 is 0 Å². The number of aromatic nitrogens is 1. The minimum atomic E-state index is 0.219. The zero-order valence-electron chi connectivity index (χ0n) is 11.2. The fraction of sp³-hybridized carbons (Fsp3) is 0.400. The molecule has 0 aliphatic rings. The van der Waals surface area contributed by atoms with Gasteiger partial charge in [0.05, 0.1) is 15.6 Å². The lowest BCUT2D eigenvalue weighted by Crippen LogP contribution is -2.10. The first-order valence-corrected chi connectivity index (χ1v) is 6.74. The van der Waals surface area contributed by atoms with Crippen LogP contribution in [0.3, 0.4) is 0 Å². The van der Waals surface area contributed by atoms with Crippen molar-refractivity contribution >= 4 is 11.3 Å². The van der Waals surface area contributed by atoms with Crippen LogP contribution in [0.25, 0.3) is 10.4 Å². The molecule has 1 heterocycles. The average Bonchev–Trinajstić information content (AvgIpc) is 2.57. The molecule has 0 aliphatic heterocycles.